The predicted molar refractivity (Wildman–Crippen MR) is 65.2 cm³/mol. The maximum absolute atomic E-state index is 11.0. The van der Waals surface area contributed by atoms with E-state index in [2.05, 4.69) is 0 Å². The van der Waals surface area contributed by atoms with Gasteiger partial charge >= 0.3 is 5.97 Å². The summed E-state index contributed by atoms with van der Waals surface area (Å²) in [5.74, 6) is -1.18. The summed E-state index contributed by atoms with van der Waals surface area (Å²) in [4.78, 5) is 11.0. The Morgan fingerprint density at radius 2 is 1.94 bits per heavy atom. The molecule has 0 aliphatic heterocycles. The number of aliphatic hydroxyl groups is 1. The summed E-state index contributed by atoms with van der Waals surface area (Å²) in [6, 6.07) is 2.64. The molecule has 2 N–H and O–H groups in total. The summed E-state index contributed by atoms with van der Waals surface area (Å²) in [6.45, 7) is 3.15. The van der Waals surface area contributed by atoms with Crippen LogP contribution >= 0.6 is 23.2 Å². The Hall–Kier alpha value is -0.970. The summed E-state index contributed by atoms with van der Waals surface area (Å²) in [7, 11) is 0. The van der Waals surface area contributed by atoms with Crippen LogP contribution in [0.15, 0.2) is 12.1 Å². The summed E-state index contributed by atoms with van der Waals surface area (Å²) in [5, 5.41) is 18.6. The maximum Gasteiger partial charge on any atom is 0.339 e. The van der Waals surface area contributed by atoms with Crippen LogP contribution in [0.2, 0.25) is 10.0 Å². The Balaban J connectivity index is 3.17. The lowest BCUT2D eigenvalue weighted by Gasteiger charge is -2.19. The number of hydrogen-bond acceptors (Lipinski definition) is 3. The molecule has 2 atom stereocenters. The number of hydrogen-bond donors (Lipinski definition) is 2. The number of carboxylic acids is 1. The van der Waals surface area contributed by atoms with Crippen molar-refractivity contribution in [3.8, 4) is 5.75 Å². The van der Waals surface area contributed by atoms with Crippen molar-refractivity contribution in [2.45, 2.75) is 26.1 Å². The molecule has 0 fully saturated rings. The molecule has 17 heavy (non-hydrogen) atoms. The van der Waals surface area contributed by atoms with Crippen molar-refractivity contribution >= 4 is 29.2 Å². The van der Waals surface area contributed by atoms with Crippen molar-refractivity contribution in [1.29, 1.82) is 0 Å². The first-order valence-corrected chi connectivity index (χ1v) is 5.65. The number of aliphatic hydroxyl groups excluding tert-OH is 1. The zero-order chi connectivity index (χ0) is 13.2. The molecule has 1 aromatic rings. The lowest BCUT2D eigenvalue weighted by Crippen LogP contribution is -2.26. The standard InChI is InChI=1S/C11H12Cl2O4/c1-5(14)6(2)17-10-8(11(15)16)3-7(12)4-9(10)13/h3-6,14H,1-2H3,(H,15,16). The van der Waals surface area contributed by atoms with E-state index < -0.39 is 18.2 Å². The predicted octanol–water partition coefficient (Wildman–Crippen LogP) is 2.84. The molecule has 0 amide bonds. The third kappa shape index (κ3) is 3.49. The van der Waals surface area contributed by atoms with Crippen LogP contribution in [0, 0.1) is 0 Å². The van der Waals surface area contributed by atoms with Crippen LogP contribution in [-0.2, 0) is 0 Å². The number of carboxylic acid groups (broad SMARTS) is 1. The second-order valence-electron chi connectivity index (χ2n) is 3.63. The normalized spacial score (nSPS) is 14.2. The molecule has 0 radical (unpaired) electrons. The van der Waals surface area contributed by atoms with Crippen molar-refractivity contribution in [3.63, 3.8) is 0 Å². The number of aromatic carboxylic acids is 1. The van der Waals surface area contributed by atoms with Crippen molar-refractivity contribution in [2.24, 2.45) is 0 Å². The van der Waals surface area contributed by atoms with Gasteiger partial charge in [0, 0.05) is 5.02 Å². The molecule has 0 aliphatic carbocycles. The smallest absolute Gasteiger partial charge is 0.339 e. The minimum absolute atomic E-state index is 0.0111. The Bertz CT molecular complexity index is 432. The number of ether oxygens (including phenoxy) is 1. The molecule has 2 unspecified atom stereocenters. The van der Waals surface area contributed by atoms with Gasteiger partial charge in [-0.15, -0.1) is 0 Å². The van der Waals surface area contributed by atoms with Gasteiger partial charge in [0.15, 0.2) is 5.75 Å². The highest BCUT2D eigenvalue weighted by atomic mass is 35.5. The summed E-state index contributed by atoms with van der Waals surface area (Å²) < 4.78 is 5.33. The molecule has 0 aliphatic rings. The molecule has 94 valence electrons. The van der Waals surface area contributed by atoms with Crippen molar-refractivity contribution in [1.82, 2.24) is 0 Å². The molecule has 0 heterocycles. The first kappa shape index (κ1) is 14.1. The number of benzene rings is 1. The lowest BCUT2D eigenvalue weighted by molar-refractivity contribution is 0.0561. The minimum atomic E-state index is -1.19. The fourth-order valence-corrected chi connectivity index (χ4v) is 1.66. The van der Waals surface area contributed by atoms with Crippen molar-refractivity contribution < 1.29 is 19.7 Å². The molecular formula is C11H12Cl2O4. The average molecular weight is 279 g/mol. The SMILES string of the molecule is CC(O)C(C)Oc1c(Cl)cc(Cl)cc1C(=O)O. The van der Waals surface area contributed by atoms with Crippen LogP contribution in [0.25, 0.3) is 0 Å². The second-order valence-corrected chi connectivity index (χ2v) is 4.48. The molecule has 1 rings (SSSR count). The fraction of sp³-hybridized carbons (Fsp3) is 0.364. The summed E-state index contributed by atoms with van der Waals surface area (Å²) in [5.41, 5.74) is -0.130. The highest BCUT2D eigenvalue weighted by Crippen LogP contribution is 2.33. The quantitative estimate of drug-likeness (QED) is 0.889. The molecular weight excluding hydrogens is 267 g/mol. The molecule has 1 aromatic carbocycles. The highest BCUT2D eigenvalue weighted by molar-refractivity contribution is 6.36. The van der Waals surface area contributed by atoms with Gasteiger partial charge in [-0.25, -0.2) is 4.79 Å². The third-order valence-corrected chi connectivity index (χ3v) is 2.72. The third-order valence-electron chi connectivity index (χ3n) is 2.22. The van der Waals surface area contributed by atoms with E-state index in [9.17, 15) is 9.90 Å². The number of rotatable bonds is 4. The van der Waals surface area contributed by atoms with E-state index in [0.29, 0.717) is 0 Å². The zero-order valence-electron chi connectivity index (χ0n) is 9.28. The van der Waals surface area contributed by atoms with E-state index in [1.165, 1.54) is 19.1 Å². The molecule has 0 spiro atoms. The van der Waals surface area contributed by atoms with Gasteiger partial charge in [-0.2, -0.15) is 0 Å². The number of halogens is 2. The summed E-state index contributed by atoms with van der Waals surface area (Å²) in [6.07, 6.45) is -1.32. The summed E-state index contributed by atoms with van der Waals surface area (Å²) >= 11 is 11.6. The minimum Gasteiger partial charge on any atom is -0.486 e. The van der Waals surface area contributed by atoms with Gasteiger partial charge in [-0.3, -0.25) is 0 Å². The Morgan fingerprint density at radius 1 is 1.35 bits per heavy atom. The van der Waals surface area contributed by atoms with E-state index in [4.69, 9.17) is 33.0 Å². The lowest BCUT2D eigenvalue weighted by atomic mass is 10.2. The Labute approximate surface area is 109 Å². The van der Waals surface area contributed by atoms with Crippen LogP contribution in [0.1, 0.15) is 24.2 Å². The van der Waals surface area contributed by atoms with Gasteiger partial charge in [0.25, 0.3) is 0 Å². The maximum atomic E-state index is 11.0. The van der Waals surface area contributed by atoms with Crippen LogP contribution in [-0.4, -0.2) is 28.4 Å². The van der Waals surface area contributed by atoms with Crippen LogP contribution in [0.3, 0.4) is 0 Å². The largest absolute Gasteiger partial charge is 0.486 e. The average Bonchev–Trinajstić information content (AvgIpc) is 2.20. The van der Waals surface area contributed by atoms with E-state index in [1.807, 2.05) is 0 Å². The first-order valence-electron chi connectivity index (χ1n) is 4.90. The second kappa shape index (κ2) is 5.58. The van der Waals surface area contributed by atoms with Gasteiger partial charge in [-0.05, 0) is 26.0 Å². The van der Waals surface area contributed by atoms with E-state index in [1.54, 1.807) is 6.92 Å². The Kier molecular flexibility index (Phi) is 4.62. The van der Waals surface area contributed by atoms with E-state index >= 15 is 0 Å². The van der Waals surface area contributed by atoms with E-state index in [0.717, 1.165) is 0 Å². The Morgan fingerprint density at radius 3 is 2.41 bits per heavy atom. The van der Waals surface area contributed by atoms with E-state index in [-0.39, 0.29) is 21.4 Å². The monoisotopic (exact) mass is 278 g/mol. The number of carbonyl (C=O) groups is 1. The van der Waals surface area contributed by atoms with Crippen LogP contribution in [0.5, 0.6) is 5.75 Å². The highest BCUT2D eigenvalue weighted by Gasteiger charge is 2.20. The molecule has 4 nitrogen and oxygen atoms in total. The molecule has 0 bridgehead atoms. The zero-order valence-corrected chi connectivity index (χ0v) is 10.8. The van der Waals surface area contributed by atoms with Gasteiger partial charge < -0.3 is 14.9 Å². The van der Waals surface area contributed by atoms with Crippen molar-refractivity contribution in [2.75, 3.05) is 0 Å². The van der Waals surface area contributed by atoms with Gasteiger partial charge in [0.2, 0.25) is 0 Å². The van der Waals surface area contributed by atoms with Gasteiger partial charge in [0.1, 0.15) is 11.7 Å². The van der Waals surface area contributed by atoms with Gasteiger partial charge in [-0.1, -0.05) is 23.2 Å². The van der Waals surface area contributed by atoms with Crippen LogP contribution < -0.4 is 4.74 Å². The molecule has 0 saturated carbocycles. The van der Waals surface area contributed by atoms with Crippen LogP contribution in [0.4, 0.5) is 0 Å². The van der Waals surface area contributed by atoms with Crippen molar-refractivity contribution in [3.05, 3.63) is 27.7 Å². The fourth-order valence-electron chi connectivity index (χ4n) is 1.12. The molecule has 6 heteroatoms. The van der Waals surface area contributed by atoms with Gasteiger partial charge in [0.05, 0.1) is 11.1 Å². The molecule has 0 saturated heterocycles. The first-order chi connectivity index (χ1) is 7.82. The topological polar surface area (TPSA) is 66.8 Å². The molecule has 0 aromatic heterocycles.